The maximum atomic E-state index is 13.3. The lowest BCUT2D eigenvalue weighted by Gasteiger charge is -2.33. The molecule has 3 rings (SSSR count). The Balaban J connectivity index is 2.05. The van der Waals surface area contributed by atoms with Gasteiger partial charge in [-0.25, -0.2) is 4.39 Å². The van der Waals surface area contributed by atoms with Crippen molar-refractivity contribution in [1.29, 1.82) is 0 Å². The number of hydrogen-bond donors (Lipinski definition) is 1. The lowest BCUT2D eigenvalue weighted by molar-refractivity contribution is -0.122. The fraction of sp³-hybridized carbons (Fsp3) is 0.381. The van der Waals surface area contributed by atoms with Crippen LogP contribution in [-0.2, 0) is 4.79 Å². The van der Waals surface area contributed by atoms with Crippen molar-refractivity contribution in [3.63, 3.8) is 0 Å². The van der Waals surface area contributed by atoms with Gasteiger partial charge in [0.1, 0.15) is 11.7 Å². The summed E-state index contributed by atoms with van der Waals surface area (Å²) in [7, 11) is 0. The summed E-state index contributed by atoms with van der Waals surface area (Å²) in [6.07, 6.45) is 4.42. The quantitative estimate of drug-likeness (QED) is 0.873. The molecular formula is C21H24FN3O. The molecule has 1 aromatic heterocycles. The predicted molar refractivity (Wildman–Crippen MR) is 100 cm³/mol. The van der Waals surface area contributed by atoms with E-state index in [4.69, 9.17) is 4.99 Å². The zero-order valence-electron chi connectivity index (χ0n) is 15.3. The minimum Gasteiger partial charge on any atom is -0.314 e. The summed E-state index contributed by atoms with van der Waals surface area (Å²) >= 11 is 0. The van der Waals surface area contributed by atoms with Crippen LogP contribution >= 0.6 is 0 Å². The maximum absolute atomic E-state index is 13.3. The second-order valence-corrected chi connectivity index (χ2v) is 6.93. The number of carbonyl (C=O) groups is 1. The van der Waals surface area contributed by atoms with Gasteiger partial charge in [-0.15, -0.1) is 0 Å². The van der Waals surface area contributed by atoms with E-state index in [0.29, 0.717) is 5.92 Å². The zero-order valence-corrected chi connectivity index (χ0v) is 15.3. The Morgan fingerprint density at radius 1 is 1.08 bits per heavy atom. The van der Waals surface area contributed by atoms with E-state index >= 15 is 0 Å². The van der Waals surface area contributed by atoms with Crippen molar-refractivity contribution in [1.82, 2.24) is 10.3 Å². The Hall–Kier alpha value is -2.56. The van der Waals surface area contributed by atoms with Crippen molar-refractivity contribution in [2.24, 2.45) is 16.8 Å². The van der Waals surface area contributed by atoms with Crippen molar-refractivity contribution in [3.05, 3.63) is 65.7 Å². The number of rotatable bonds is 5. The van der Waals surface area contributed by atoms with Gasteiger partial charge in [0.25, 0.3) is 0 Å². The van der Waals surface area contributed by atoms with E-state index < -0.39 is 5.92 Å². The van der Waals surface area contributed by atoms with Gasteiger partial charge in [-0.2, -0.15) is 0 Å². The third-order valence-corrected chi connectivity index (χ3v) is 5.33. The number of nitrogens with one attached hydrogen (secondary N) is 1. The summed E-state index contributed by atoms with van der Waals surface area (Å²) < 4.78 is 13.3. The molecule has 2 aromatic rings. The van der Waals surface area contributed by atoms with Crippen LogP contribution in [0.15, 0.2) is 53.8 Å². The lowest BCUT2D eigenvalue weighted by Crippen LogP contribution is -2.45. The molecule has 0 spiro atoms. The van der Waals surface area contributed by atoms with Crippen LogP contribution in [-0.4, -0.2) is 16.7 Å². The molecule has 0 radical (unpaired) electrons. The first-order valence-corrected chi connectivity index (χ1v) is 9.05. The molecule has 2 heterocycles. The molecule has 4 atom stereocenters. The highest BCUT2D eigenvalue weighted by molar-refractivity contribution is 6.04. The van der Waals surface area contributed by atoms with Crippen molar-refractivity contribution in [2.45, 2.75) is 39.2 Å². The number of aromatic nitrogens is 1. The highest BCUT2D eigenvalue weighted by Gasteiger charge is 2.37. The highest BCUT2D eigenvalue weighted by atomic mass is 19.1. The Labute approximate surface area is 153 Å². The molecule has 1 aliphatic heterocycles. The number of nitrogens with zero attached hydrogens (tertiary/aromatic N) is 2. The third-order valence-electron chi connectivity index (χ3n) is 5.33. The van der Waals surface area contributed by atoms with Gasteiger partial charge in [0.2, 0.25) is 5.91 Å². The van der Waals surface area contributed by atoms with Crippen molar-refractivity contribution in [2.75, 3.05) is 0 Å². The number of aliphatic imine (C=N–C) groups is 1. The molecule has 5 heteroatoms. The SMILES string of the molecule is CCC(C)C(C)C1=NC(c2ccncc2)C(c2ccc(F)cc2)C(=O)N1. The molecule has 0 bridgehead atoms. The largest absolute Gasteiger partial charge is 0.314 e. The van der Waals surface area contributed by atoms with E-state index in [0.717, 1.165) is 23.4 Å². The predicted octanol–water partition coefficient (Wildman–Crippen LogP) is 4.26. The highest BCUT2D eigenvalue weighted by Crippen LogP contribution is 2.37. The molecule has 0 aliphatic carbocycles. The third kappa shape index (κ3) is 3.66. The minimum absolute atomic E-state index is 0.0985. The van der Waals surface area contributed by atoms with E-state index in [1.807, 2.05) is 12.1 Å². The van der Waals surface area contributed by atoms with Gasteiger partial charge in [0, 0.05) is 18.3 Å². The average Bonchev–Trinajstić information content (AvgIpc) is 2.67. The van der Waals surface area contributed by atoms with E-state index in [9.17, 15) is 9.18 Å². The first-order chi connectivity index (χ1) is 12.5. The van der Waals surface area contributed by atoms with Crippen LogP contribution in [0.5, 0.6) is 0 Å². The Bertz CT molecular complexity index is 789. The fourth-order valence-corrected chi connectivity index (χ4v) is 3.29. The molecule has 26 heavy (non-hydrogen) atoms. The fourth-order valence-electron chi connectivity index (χ4n) is 3.29. The van der Waals surface area contributed by atoms with E-state index in [1.165, 1.54) is 12.1 Å². The van der Waals surface area contributed by atoms with Crippen LogP contribution in [0.2, 0.25) is 0 Å². The number of benzene rings is 1. The molecule has 1 aromatic carbocycles. The summed E-state index contributed by atoms with van der Waals surface area (Å²) in [5, 5.41) is 3.00. The standard InChI is InChI=1S/C21H24FN3O/c1-4-13(2)14(3)20-24-19(16-9-11-23-12-10-16)18(21(26)25-20)15-5-7-17(22)8-6-15/h5-14,18-19H,4H2,1-3H3,(H,24,25,26). The van der Waals surface area contributed by atoms with Gasteiger partial charge in [-0.05, 0) is 41.3 Å². The summed E-state index contributed by atoms with van der Waals surface area (Å²) in [6, 6.07) is 9.50. The topological polar surface area (TPSA) is 54.4 Å². The summed E-state index contributed by atoms with van der Waals surface area (Å²) in [6.45, 7) is 6.38. The Morgan fingerprint density at radius 3 is 2.35 bits per heavy atom. The maximum Gasteiger partial charge on any atom is 0.235 e. The molecule has 4 unspecified atom stereocenters. The van der Waals surface area contributed by atoms with E-state index in [1.54, 1.807) is 24.5 Å². The van der Waals surface area contributed by atoms with Crippen molar-refractivity contribution >= 4 is 11.7 Å². The molecule has 1 N–H and O–H groups in total. The van der Waals surface area contributed by atoms with E-state index in [-0.39, 0.29) is 23.7 Å². The number of carbonyl (C=O) groups excluding carboxylic acids is 1. The second kappa shape index (κ2) is 7.77. The number of amidine groups is 1. The van der Waals surface area contributed by atoms with Gasteiger partial charge in [-0.1, -0.05) is 39.3 Å². The summed E-state index contributed by atoms with van der Waals surface area (Å²) in [5.41, 5.74) is 1.68. The van der Waals surface area contributed by atoms with Gasteiger partial charge in [0.05, 0.1) is 12.0 Å². The Kier molecular flexibility index (Phi) is 5.45. The van der Waals surface area contributed by atoms with Crippen LogP contribution < -0.4 is 5.32 Å². The van der Waals surface area contributed by atoms with Crippen molar-refractivity contribution < 1.29 is 9.18 Å². The zero-order chi connectivity index (χ0) is 18.7. The first kappa shape index (κ1) is 18.2. The average molecular weight is 353 g/mol. The minimum atomic E-state index is -0.495. The smallest absolute Gasteiger partial charge is 0.235 e. The molecular weight excluding hydrogens is 329 g/mol. The second-order valence-electron chi connectivity index (χ2n) is 6.93. The number of halogens is 1. The monoisotopic (exact) mass is 353 g/mol. The molecule has 0 saturated carbocycles. The Morgan fingerprint density at radius 2 is 1.73 bits per heavy atom. The summed E-state index contributed by atoms with van der Waals surface area (Å²) in [5.74, 6) is 0.381. The molecule has 1 aliphatic rings. The molecule has 0 fully saturated rings. The van der Waals surface area contributed by atoms with Gasteiger partial charge in [-0.3, -0.25) is 14.8 Å². The van der Waals surface area contributed by atoms with Gasteiger partial charge < -0.3 is 5.32 Å². The molecule has 0 saturated heterocycles. The summed E-state index contributed by atoms with van der Waals surface area (Å²) in [4.78, 5) is 22.0. The van der Waals surface area contributed by atoms with Gasteiger partial charge in [0.15, 0.2) is 0 Å². The van der Waals surface area contributed by atoms with Crippen LogP contribution in [0, 0.1) is 17.7 Å². The van der Waals surface area contributed by atoms with Crippen LogP contribution in [0.1, 0.15) is 50.3 Å². The first-order valence-electron chi connectivity index (χ1n) is 9.05. The lowest BCUT2D eigenvalue weighted by atomic mass is 9.84. The van der Waals surface area contributed by atoms with Crippen LogP contribution in [0.4, 0.5) is 4.39 Å². The molecule has 136 valence electrons. The van der Waals surface area contributed by atoms with E-state index in [2.05, 4.69) is 31.1 Å². The number of pyridine rings is 1. The van der Waals surface area contributed by atoms with Crippen molar-refractivity contribution in [3.8, 4) is 0 Å². The normalized spacial score (nSPS) is 22.3. The molecule has 4 nitrogen and oxygen atoms in total. The van der Waals surface area contributed by atoms with Gasteiger partial charge >= 0.3 is 0 Å². The van der Waals surface area contributed by atoms with Crippen LogP contribution in [0.3, 0.4) is 0 Å². The van der Waals surface area contributed by atoms with Crippen LogP contribution in [0.25, 0.3) is 0 Å². The molecule has 1 amide bonds. The number of hydrogen-bond acceptors (Lipinski definition) is 3. The number of amides is 1.